The van der Waals surface area contributed by atoms with Crippen molar-refractivity contribution in [2.75, 3.05) is 13.6 Å². The molecule has 0 bridgehead atoms. The molecule has 0 N–H and O–H groups in total. The van der Waals surface area contributed by atoms with Crippen molar-refractivity contribution in [1.29, 1.82) is 0 Å². The van der Waals surface area contributed by atoms with Crippen LogP contribution < -0.4 is 0 Å². The van der Waals surface area contributed by atoms with Gasteiger partial charge < -0.3 is 9.80 Å². The first-order chi connectivity index (χ1) is 18.6. The van der Waals surface area contributed by atoms with Crippen molar-refractivity contribution in [2.24, 2.45) is 9.98 Å². The Balaban J connectivity index is 1.22. The van der Waals surface area contributed by atoms with Gasteiger partial charge in [-0.3, -0.25) is 9.69 Å². The van der Waals surface area contributed by atoms with Gasteiger partial charge in [0.05, 0.1) is 5.54 Å². The van der Waals surface area contributed by atoms with Crippen LogP contribution in [-0.4, -0.2) is 63.7 Å². The van der Waals surface area contributed by atoms with Crippen LogP contribution in [-0.2, 0) is 17.8 Å². The molecule has 6 nitrogen and oxygen atoms in total. The highest BCUT2D eigenvalue weighted by atomic mass is 16.2. The Bertz CT molecular complexity index is 1390. The Morgan fingerprint density at radius 2 is 1.50 bits per heavy atom. The molecule has 0 radical (unpaired) electrons. The average Bonchev–Trinajstić information content (AvgIpc) is 3.67. The van der Waals surface area contributed by atoms with Gasteiger partial charge in [-0.25, -0.2) is 9.98 Å². The molecule has 0 aromatic heterocycles. The van der Waals surface area contributed by atoms with Crippen LogP contribution in [0.15, 0.2) is 94.9 Å². The zero-order valence-corrected chi connectivity index (χ0v) is 21.8. The maximum Gasteiger partial charge on any atom is 0.255 e. The summed E-state index contributed by atoms with van der Waals surface area (Å²) < 4.78 is 0. The van der Waals surface area contributed by atoms with Gasteiger partial charge in [-0.1, -0.05) is 97.8 Å². The summed E-state index contributed by atoms with van der Waals surface area (Å²) in [5.74, 6) is 1.89. The van der Waals surface area contributed by atoms with Gasteiger partial charge in [-0.2, -0.15) is 0 Å². The number of hydrogen-bond acceptors (Lipinski definition) is 5. The zero-order chi connectivity index (χ0) is 25.7. The van der Waals surface area contributed by atoms with Gasteiger partial charge in [0, 0.05) is 26.6 Å². The van der Waals surface area contributed by atoms with Crippen molar-refractivity contribution in [2.45, 2.75) is 56.4 Å². The van der Waals surface area contributed by atoms with E-state index in [-0.39, 0.29) is 23.7 Å². The smallest absolute Gasteiger partial charge is 0.255 e. The third-order valence-electron chi connectivity index (χ3n) is 8.65. The summed E-state index contributed by atoms with van der Waals surface area (Å²) in [4.78, 5) is 30.7. The van der Waals surface area contributed by atoms with Crippen LogP contribution in [0.5, 0.6) is 0 Å². The van der Waals surface area contributed by atoms with Crippen molar-refractivity contribution >= 4 is 17.7 Å². The molecule has 3 aromatic carbocycles. The lowest BCUT2D eigenvalue weighted by Crippen LogP contribution is -2.64. The summed E-state index contributed by atoms with van der Waals surface area (Å²) in [5.41, 5.74) is 4.75. The number of carbonyl (C=O) groups is 1. The summed E-state index contributed by atoms with van der Waals surface area (Å²) in [6, 6.07) is 29.3. The first-order valence-electron chi connectivity index (χ1n) is 13.8. The molecule has 4 aliphatic rings. The number of aliphatic imine (C=N–C) groups is 2. The minimum Gasteiger partial charge on any atom is -0.340 e. The van der Waals surface area contributed by atoms with E-state index in [1.807, 2.05) is 19.2 Å². The van der Waals surface area contributed by atoms with Gasteiger partial charge in [0.25, 0.3) is 5.91 Å². The van der Waals surface area contributed by atoms with Crippen LogP contribution >= 0.6 is 0 Å². The average molecular weight is 504 g/mol. The number of rotatable bonds is 5. The molecule has 1 saturated heterocycles. The molecule has 6 heteroatoms. The fraction of sp³-hybridized carbons (Fsp3) is 0.344. The molecular formula is C32H33N5O. The van der Waals surface area contributed by atoms with E-state index in [2.05, 4.69) is 82.6 Å². The van der Waals surface area contributed by atoms with E-state index in [4.69, 9.17) is 9.98 Å². The molecule has 2 unspecified atom stereocenters. The monoisotopic (exact) mass is 503 g/mol. The van der Waals surface area contributed by atoms with Gasteiger partial charge in [0.1, 0.15) is 5.84 Å². The minimum absolute atomic E-state index is 0.0471. The number of guanidine groups is 1. The third-order valence-corrected chi connectivity index (χ3v) is 8.65. The number of hydrogen-bond donors (Lipinski definition) is 0. The Morgan fingerprint density at radius 3 is 2.21 bits per heavy atom. The van der Waals surface area contributed by atoms with E-state index < -0.39 is 0 Å². The minimum atomic E-state index is -0.339. The van der Waals surface area contributed by atoms with Crippen LogP contribution in [0.3, 0.4) is 0 Å². The van der Waals surface area contributed by atoms with Crippen molar-refractivity contribution in [3.8, 4) is 11.1 Å². The third kappa shape index (κ3) is 3.90. The Hall–Kier alpha value is -3.93. The van der Waals surface area contributed by atoms with Crippen LogP contribution in [0.25, 0.3) is 11.1 Å². The molecule has 192 valence electrons. The molecular weight excluding hydrogens is 470 g/mol. The fourth-order valence-electron chi connectivity index (χ4n) is 6.64. The van der Waals surface area contributed by atoms with Gasteiger partial charge in [0.15, 0.2) is 12.2 Å². The van der Waals surface area contributed by atoms with Gasteiger partial charge in [-0.15, -0.1) is 0 Å². The van der Waals surface area contributed by atoms with Crippen LogP contribution in [0.2, 0.25) is 0 Å². The molecule has 38 heavy (non-hydrogen) atoms. The second-order valence-electron chi connectivity index (χ2n) is 11.1. The van der Waals surface area contributed by atoms with E-state index in [1.54, 1.807) is 4.90 Å². The van der Waals surface area contributed by atoms with Crippen molar-refractivity contribution < 1.29 is 4.79 Å². The fourth-order valence-corrected chi connectivity index (χ4v) is 6.64. The van der Waals surface area contributed by atoms with Gasteiger partial charge in [-0.05, 0) is 35.1 Å². The highest BCUT2D eigenvalue weighted by Crippen LogP contribution is 2.42. The lowest BCUT2D eigenvalue weighted by atomic mass is 9.98. The zero-order valence-electron chi connectivity index (χ0n) is 21.8. The Labute approximate surface area is 224 Å². The van der Waals surface area contributed by atoms with Crippen LogP contribution in [0.4, 0.5) is 0 Å². The van der Waals surface area contributed by atoms with Crippen molar-refractivity contribution in [1.82, 2.24) is 14.7 Å². The first kappa shape index (κ1) is 23.2. The second-order valence-corrected chi connectivity index (χ2v) is 11.1. The van der Waals surface area contributed by atoms with E-state index in [9.17, 15) is 4.79 Å². The largest absolute Gasteiger partial charge is 0.340 e. The standard InChI is InChI=1S/C32H33N5O/c1-35-30(38)28-29(37-22-32(34-31(35)37)18-8-9-19-32)33-27(36(28)21-24-10-4-2-5-11-24)20-23-14-16-26(17-15-23)25-12-6-3-7-13-25/h2-7,10-17,28-29H,8-9,18-22H2,1H3. The topological polar surface area (TPSA) is 51.5 Å². The maximum atomic E-state index is 13.9. The summed E-state index contributed by atoms with van der Waals surface area (Å²) in [6.45, 7) is 1.52. The number of fused-ring (bicyclic) bond motifs is 3. The summed E-state index contributed by atoms with van der Waals surface area (Å²) >= 11 is 0. The lowest BCUT2D eigenvalue weighted by Gasteiger charge is -2.42. The molecule has 1 saturated carbocycles. The maximum absolute atomic E-state index is 13.9. The highest BCUT2D eigenvalue weighted by Gasteiger charge is 2.56. The van der Waals surface area contributed by atoms with E-state index in [0.717, 1.165) is 31.2 Å². The highest BCUT2D eigenvalue weighted by molar-refractivity contribution is 6.06. The first-order valence-corrected chi connectivity index (χ1v) is 13.8. The molecule has 3 heterocycles. The quantitative estimate of drug-likeness (QED) is 0.495. The molecule has 7 rings (SSSR count). The molecule has 3 aliphatic heterocycles. The van der Waals surface area contributed by atoms with E-state index >= 15 is 0 Å². The molecule has 3 aromatic rings. The molecule has 1 aliphatic carbocycles. The number of nitrogens with zero attached hydrogens (tertiary/aromatic N) is 5. The van der Waals surface area contributed by atoms with Crippen LogP contribution in [0.1, 0.15) is 36.8 Å². The summed E-state index contributed by atoms with van der Waals surface area (Å²) in [6.07, 6.45) is 5.10. The lowest BCUT2D eigenvalue weighted by molar-refractivity contribution is -0.134. The van der Waals surface area contributed by atoms with Crippen molar-refractivity contribution in [3.63, 3.8) is 0 Å². The van der Waals surface area contributed by atoms with Gasteiger partial charge >= 0.3 is 0 Å². The number of amidine groups is 1. The van der Waals surface area contributed by atoms with Crippen molar-refractivity contribution in [3.05, 3.63) is 96.1 Å². The summed E-state index contributed by atoms with van der Waals surface area (Å²) in [5, 5.41) is 0. The van der Waals surface area contributed by atoms with Gasteiger partial charge in [0.2, 0.25) is 5.96 Å². The second kappa shape index (κ2) is 9.12. The van der Waals surface area contributed by atoms with E-state index in [1.165, 1.54) is 35.1 Å². The number of likely N-dealkylation sites (N-methyl/N-ethyl adjacent to an activating group) is 1. The molecule has 1 amide bonds. The molecule has 2 atom stereocenters. The van der Waals surface area contributed by atoms with Crippen LogP contribution in [0, 0.1) is 0 Å². The number of carbonyl (C=O) groups excluding carboxylic acids is 1. The number of benzene rings is 3. The predicted molar refractivity (Wildman–Crippen MR) is 151 cm³/mol. The Kier molecular flexibility index (Phi) is 5.57. The number of amides is 1. The van der Waals surface area contributed by atoms with E-state index in [0.29, 0.717) is 13.0 Å². The molecule has 2 fully saturated rings. The Morgan fingerprint density at radius 1 is 0.842 bits per heavy atom. The molecule has 1 spiro atoms. The summed E-state index contributed by atoms with van der Waals surface area (Å²) in [7, 11) is 1.89. The predicted octanol–water partition coefficient (Wildman–Crippen LogP) is 4.96. The normalized spacial score (nSPS) is 23.5. The SMILES string of the molecule is CN1C(=O)C2C(N=C(Cc3ccc(-c4ccccc4)cc3)N2Cc2ccccc2)N2CC3(CCCC3)N=C12.